The highest BCUT2D eigenvalue weighted by molar-refractivity contribution is 5.94. The van der Waals surface area contributed by atoms with E-state index >= 15 is 0 Å². The monoisotopic (exact) mass is 394 g/mol. The van der Waals surface area contributed by atoms with Gasteiger partial charge in [-0.3, -0.25) is 14.8 Å². The fourth-order valence-corrected chi connectivity index (χ4v) is 3.92. The summed E-state index contributed by atoms with van der Waals surface area (Å²) < 4.78 is 5.72. The molecule has 1 amide bonds. The van der Waals surface area contributed by atoms with Crippen molar-refractivity contribution in [3.63, 3.8) is 0 Å². The van der Waals surface area contributed by atoms with Gasteiger partial charge in [0.15, 0.2) is 0 Å². The quantitative estimate of drug-likeness (QED) is 0.844. The van der Waals surface area contributed by atoms with Crippen LogP contribution in [0.4, 0.5) is 0 Å². The third-order valence-electron chi connectivity index (χ3n) is 5.74. The minimum absolute atomic E-state index is 0.0127. The maximum Gasteiger partial charge on any atom is 0.253 e. The maximum atomic E-state index is 12.8. The van der Waals surface area contributed by atoms with E-state index in [1.807, 2.05) is 35.3 Å². The van der Waals surface area contributed by atoms with Crippen molar-refractivity contribution >= 4 is 12.1 Å². The van der Waals surface area contributed by atoms with Gasteiger partial charge >= 0.3 is 0 Å². The Balaban J connectivity index is 1.32. The fourth-order valence-electron chi connectivity index (χ4n) is 3.92. The first-order chi connectivity index (χ1) is 14.0. The Morgan fingerprint density at radius 2 is 1.97 bits per heavy atom. The predicted octanol–water partition coefficient (Wildman–Crippen LogP) is 2.92. The molecule has 0 saturated carbocycles. The first-order valence-corrected chi connectivity index (χ1v) is 9.97. The van der Waals surface area contributed by atoms with Gasteiger partial charge in [0.1, 0.15) is 11.5 Å². The Bertz CT molecular complexity index is 861. The number of aliphatic hydroxyl groups is 1. The minimum Gasteiger partial charge on any atom is -0.456 e. The molecule has 7 nitrogen and oxygen atoms in total. The summed E-state index contributed by atoms with van der Waals surface area (Å²) in [7, 11) is 1.94. The molecule has 1 aromatic heterocycles. The van der Waals surface area contributed by atoms with E-state index in [1.165, 1.54) is 0 Å². The molecule has 2 aromatic rings. The number of aromatic nitrogens is 1. The van der Waals surface area contributed by atoms with Crippen molar-refractivity contribution in [1.82, 2.24) is 14.9 Å². The third kappa shape index (κ3) is 4.56. The van der Waals surface area contributed by atoms with Crippen molar-refractivity contribution in [2.24, 2.45) is 5.10 Å². The summed E-state index contributed by atoms with van der Waals surface area (Å²) >= 11 is 0. The summed E-state index contributed by atoms with van der Waals surface area (Å²) in [5, 5.41) is 17.1. The molecule has 1 aromatic carbocycles. The van der Waals surface area contributed by atoms with Crippen LogP contribution >= 0.6 is 0 Å². The summed E-state index contributed by atoms with van der Waals surface area (Å²) in [4.78, 5) is 18.7. The number of rotatable bonds is 5. The molecule has 1 atom stereocenters. The zero-order chi connectivity index (χ0) is 20.3. The highest BCUT2D eigenvalue weighted by atomic mass is 16.5. The Morgan fingerprint density at radius 3 is 2.59 bits per heavy atom. The molecule has 0 bridgehead atoms. The SMILES string of the molecule is CN1N=CCC1CC1(O)CCN(C(=O)c2ccc(Oc3cccnc3)cc2)CC1. The first-order valence-electron chi connectivity index (χ1n) is 9.97. The summed E-state index contributed by atoms with van der Waals surface area (Å²) in [6, 6.07) is 11.0. The zero-order valence-electron chi connectivity index (χ0n) is 16.6. The van der Waals surface area contributed by atoms with Crippen molar-refractivity contribution < 1.29 is 14.6 Å². The molecule has 0 radical (unpaired) electrons. The second-order valence-electron chi connectivity index (χ2n) is 7.80. The van der Waals surface area contributed by atoms with Gasteiger partial charge in [0.05, 0.1) is 17.8 Å². The number of hydrogen-bond acceptors (Lipinski definition) is 6. The van der Waals surface area contributed by atoms with Gasteiger partial charge in [0.2, 0.25) is 0 Å². The van der Waals surface area contributed by atoms with Crippen LogP contribution in [-0.4, -0.2) is 63.9 Å². The highest BCUT2D eigenvalue weighted by Crippen LogP contribution is 2.31. The van der Waals surface area contributed by atoms with E-state index in [1.54, 1.807) is 36.7 Å². The number of piperidine rings is 1. The maximum absolute atomic E-state index is 12.8. The Kier molecular flexibility index (Phi) is 5.49. The van der Waals surface area contributed by atoms with Gasteiger partial charge in [-0.15, -0.1) is 0 Å². The molecule has 1 N–H and O–H groups in total. The number of hydrogen-bond donors (Lipinski definition) is 1. The molecule has 0 spiro atoms. The molecular weight excluding hydrogens is 368 g/mol. The van der Waals surface area contributed by atoms with E-state index in [0.717, 1.165) is 6.42 Å². The van der Waals surface area contributed by atoms with Gasteiger partial charge in [-0.1, -0.05) is 0 Å². The lowest BCUT2D eigenvalue weighted by molar-refractivity contribution is -0.0368. The van der Waals surface area contributed by atoms with Crippen LogP contribution in [0.25, 0.3) is 0 Å². The molecule has 1 saturated heterocycles. The van der Waals surface area contributed by atoms with Gasteiger partial charge < -0.3 is 14.7 Å². The summed E-state index contributed by atoms with van der Waals surface area (Å²) in [6.45, 7) is 1.11. The van der Waals surface area contributed by atoms with Crippen molar-refractivity contribution in [1.29, 1.82) is 0 Å². The standard InChI is InChI=1S/C22H26N4O3/c1-25-18(8-12-24-25)15-22(28)9-13-26(14-10-22)21(27)17-4-6-19(7-5-17)29-20-3-2-11-23-16-20/h2-7,11-12,16,18,28H,8-10,13-15H2,1H3. The van der Waals surface area contributed by atoms with E-state index in [2.05, 4.69) is 10.1 Å². The van der Waals surface area contributed by atoms with Crippen LogP contribution in [-0.2, 0) is 0 Å². The van der Waals surface area contributed by atoms with E-state index < -0.39 is 5.60 Å². The van der Waals surface area contributed by atoms with E-state index in [4.69, 9.17) is 4.74 Å². The van der Waals surface area contributed by atoms with Crippen molar-refractivity contribution in [3.8, 4) is 11.5 Å². The second-order valence-corrected chi connectivity index (χ2v) is 7.80. The summed E-state index contributed by atoms with van der Waals surface area (Å²) in [5.74, 6) is 1.30. The van der Waals surface area contributed by atoms with Crippen LogP contribution in [0.3, 0.4) is 0 Å². The molecule has 4 rings (SSSR count). The normalized spacial score (nSPS) is 20.7. The summed E-state index contributed by atoms with van der Waals surface area (Å²) in [6.07, 6.45) is 7.96. The van der Waals surface area contributed by atoms with Gasteiger partial charge in [0, 0.05) is 44.5 Å². The Hall–Kier alpha value is -2.93. The van der Waals surface area contributed by atoms with Crippen LogP contribution in [0.1, 0.15) is 36.0 Å². The van der Waals surface area contributed by atoms with Gasteiger partial charge in [0.25, 0.3) is 5.91 Å². The zero-order valence-corrected chi connectivity index (χ0v) is 16.6. The molecule has 1 unspecified atom stereocenters. The number of amides is 1. The van der Waals surface area contributed by atoms with Gasteiger partial charge in [-0.25, -0.2) is 0 Å². The van der Waals surface area contributed by atoms with E-state index in [0.29, 0.717) is 49.4 Å². The molecule has 29 heavy (non-hydrogen) atoms. The Morgan fingerprint density at radius 1 is 1.21 bits per heavy atom. The lowest BCUT2D eigenvalue weighted by Gasteiger charge is -2.40. The van der Waals surface area contributed by atoms with Gasteiger partial charge in [-0.2, -0.15) is 5.10 Å². The number of benzene rings is 1. The van der Waals surface area contributed by atoms with Crippen LogP contribution in [0.15, 0.2) is 53.9 Å². The number of likely N-dealkylation sites (tertiary alicyclic amines) is 1. The smallest absolute Gasteiger partial charge is 0.253 e. The molecule has 1 fully saturated rings. The molecular formula is C22H26N4O3. The van der Waals surface area contributed by atoms with Crippen LogP contribution in [0.5, 0.6) is 11.5 Å². The number of pyridine rings is 1. The largest absolute Gasteiger partial charge is 0.456 e. The molecule has 2 aliphatic rings. The van der Waals surface area contributed by atoms with Crippen LogP contribution in [0.2, 0.25) is 0 Å². The molecule has 0 aliphatic carbocycles. The Labute approximate surface area is 170 Å². The average Bonchev–Trinajstić information content (AvgIpc) is 3.13. The number of carbonyl (C=O) groups excluding carboxylic acids is 1. The highest BCUT2D eigenvalue weighted by Gasteiger charge is 2.37. The lowest BCUT2D eigenvalue weighted by atomic mass is 9.84. The number of nitrogens with zero attached hydrogens (tertiary/aromatic N) is 4. The number of hydrazone groups is 1. The molecule has 3 heterocycles. The second kappa shape index (κ2) is 8.21. The number of ether oxygens (including phenoxy) is 1. The van der Waals surface area contributed by atoms with Crippen LogP contribution in [0, 0.1) is 0 Å². The number of carbonyl (C=O) groups is 1. The van der Waals surface area contributed by atoms with E-state index in [-0.39, 0.29) is 11.9 Å². The topological polar surface area (TPSA) is 78.3 Å². The molecule has 152 valence electrons. The third-order valence-corrected chi connectivity index (χ3v) is 5.74. The first kappa shape index (κ1) is 19.4. The lowest BCUT2D eigenvalue weighted by Crippen LogP contribution is -2.49. The summed E-state index contributed by atoms with van der Waals surface area (Å²) in [5.41, 5.74) is -0.108. The minimum atomic E-state index is -0.731. The van der Waals surface area contributed by atoms with Crippen molar-refractivity contribution in [2.75, 3.05) is 20.1 Å². The van der Waals surface area contributed by atoms with E-state index in [9.17, 15) is 9.90 Å². The van der Waals surface area contributed by atoms with Crippen LogP contribution < -0.4 is 4.74 Å². The van der Waals surface area contributed by atoms with Crippen molar-refractivity contribution in [3.05, 3.63) is 54.4 Å². The van der Waals surface area contributed by atoms with Gasteiger partial charge in [-0.05, 0) is 55.7 Å². The predicted molar refractivity (Wildman–Crippen MR) is 110 cm³/mol. The fraction of sp³-hybridized carbons (Fsp3) is 0.409. The van der Waals surface area contributed by atoms with Crippen molar-refractivity contribution in [2.45, 2.75) is 37.3 Å². The average molecular weight is 394 g/mol. The molecule has 7 heteroatoms. The molecule has 2 aliphatic heterocycles.